The van der Waals surface area contributed by atoms with Crippen LogP contribution in [0.1, 0.15) is 32.1 Å². The van der Waals surface area contributed by atoms with Gasteiger partial charge in [-0.05, 0) is 12.8 Å². The minimum Gasteiger partial charge on any atom is -0.171 e. The molecule has 0 aromatic rings. The highest BCUT2D eigenvalue weighted by molar-refractivity contribution is 7.90. The van der Waals surface area contributed by atoms with Crippen molar-refractivity contribution in [1.82, 2.24) is 0 Å². The van der Waals surface area contributed by atoms with Crippen molar-refractivity contribution in [3.8, 4) is 0 Å². The van der Waals surface area contributed by atoms with Crippen LogP contribution in [0.15, 0.2) is 0 Å². The zero-order valence-corrected chi connectivity index (χ0v) is 7.75. The minimum atomic E-state index is 0.187. The lowest BCUT2D eigenvalue weighted by Crippen LogP contribution is -2.19. The smallest absolute Gasteiger partial charge is 0.141 e. The van der Waals surface area contributed by atoms with Gasteiger partial charge in [-0.1, -0.05) is 19.3 Å². The molecule has 0 aromatic carbocycles. The zero-order valence-electron chi connectivity index (χ0n) is 6.93. The number of rotatable bonds is 2. The summed E-state index contributed by atoms with van der Waals surface area (Å²) in [6, 6.07) is 0. The predicted octanol–water partition coefficient (Wildman–Crippen LogP) is 2.13. The van der Waals surface area contributed by atoms with Gasteiger partial charge in [-0.25, -0.2) is 0 Å². The Labute approximate surface area is 66.7 Å². The van der Waals surface area contributed by atoms with E-state index in [1.807, 2.05) is 0 Å². The van der Waals surface area contributed by atoms with E-state index in [4.69, 9.17) is 4.18 Å². The van der Waals surface area contributed by atoms with Gasteiger partial charge in [-0.2, -0.15) is 4.18 Å². The Morgan fingerprint density at radius 1 is 1.10 bits per heavy atom. The van der Waals surface area contributed by atoms with Crippen molar-refractivity contribution in [2.75, 3.05) is 12.5 Å². The van der Waals surface area contributed by atoms with Crippen molar-refractivity contribution < 1.29 is 4.18 Å². The number of hydrogen-bond donors (Lipinski definition) is 0. The maximum atomic E-state index is 5.72. The van der Waals surface area contributed by atoms with Crippen LogP contribution in [0, 0.1) is 0 Å². The molecule has 0 spiro atoms. The molecule has 1 aliphatic carbocycles. The first-order valence-corrected chi connectivity index (χ1v) is 6.00. The molecule has 60 valence electrons. The Hall–Kier alpha value is 0.310. The van der Waals surface area contributed by atoms with Crippen LogP contribution < -0.4 is 0 Å². The normalized spacial score (nSPS) is 21.9. The summed E-state index contributed by atoms with van der Waals surface area (Å²) in [7, 11) is 0. The molecule has 1 nitrogen and oxygen atoms in total. The Bertz CT molecular complexity index is 87.3. The monoisotopic (exact) mass is 161 g/mol. The van der Waals surface area contributed by atoms with E-state index in [1.54, 1.807) is 0 Å². The largest absolute Gasteiger partial charge is 0.171 e. The average molecular weight is 161 g/mol. The molecular formula is C8H17OS+. The van der Waals surface area contributed by atoms with Gasteiger partial charge in [0.05, 0.1) is 0 Å². The van der Waals surface area contributed by atoms with Crippen LogP contribution in [-0.2, 0) is 15.4 Å². The van der Waals surface area contributed by atoms with Crippen molar-refractivity contribution in [3.63, 3.8) is 0 Å². The predicted molar refractivity (Wildman–Crippen MR) is 47.2 cm³/mol. The summed E-state index contributed by atoms with van der Waals surface area (Å²) in [6.07, 6.45) is 11.6. The first-order valence-electron chi connectivity index (χ1n) is 4.04. The Morgan fingerprint density at radius 2 is 1.70 bits per heavy atom. The lowest BCUT2D eigenvalue weighted by molar-refractivity contribution is 0.180. The molecule has 0 heterocycles. The van der Waals surface area contributed by atoms with Crippen molar-refractivity contribution in [2.45, 2.75) is 38.2 Å². The van der Waals surface area contributed by atoms with Crippen molar-refractivity contribution in [2.24, 2.45) is 0 Å². The van der Waals surface area contributed by atoms with Crippen molar-refractivity contribution >= 4 is 11.2 Å². The molecule has 0 amide bonds. The van der Waals surface area contributed by atoms with Crippen LogP contribution in [-0.4, -0.2) is 18.6 Å². The average Bonchev–Trinajstić information content (AvgIpc) is 1.88. The molecule has 2 heteroatoms. The highest BCUT2D eigenvalue weighted by Gasteiger charge is 2.19. The second-order valence-electron chi connectivity index (χ2n) is 3.10. The maximum Gasteiger partial charge on any atom is 0.141 e. The van der Waals surface area contributed by atoms with E-state index in [2.05, 4.69) is 12.5 Å². The first-order chi connectivity index (χ1) is 4.79. The maximum absolute atomic E-state index is 5.72. The molecule has 0 radical (unpaired) electrons. The lowest BCUT2D eigenvalue weighted by Gasteiger charge is -2.17. The number of hydrogen-bond acceptors (Lipinski definition) is 1. The molecular weight excluding hydrogens is 144 g/mol. The van der Waals surface area contributed by atoms with Gasteiger partial charge in [0.15, 0.2) is 0 Å². The summed E-state index contributed by atoms with van der Waals surface area (Å²) < 4.78 is 5.72. The van der Waals surface area contributed by atoms with E-state index in [-0.39, 0.29) is 11.2 Å². The van der Waals surface area contributed by atoms with Gasteiger partial charge in [-0.3, -0.25) is 0 Å². The van der Waals surface area contributed by atoms with E-state index in [9.17, 15) is 0 Å². The van der Waals surface area contributed by atoms with Crippen molar-refractivity contribution in [1.29, 1.82) is 0 Å². The fourth-order valence-corrected chi connectivity index (χ4v) is 2.17. The van der Waals surface area contributed by atoms with Crippen LogP contribution in [0.2, 0.25) is 0 Å². The molecule has 0 aromatic heterocycles. The zero-order chi connectivity index (χ0) is 7.40. The highest BCUT2D eigenvalue weighted by atomic mass is 32.2. The topological polar surface area (TPSA) is 9.23 Å². The Kier molecular flexibility index (Phi) is 3.57. The van der Waals surface area contributed by atoms with E-state index < -0.39 is 0 Å². The van der Waals surface area contributed by atoms with E-state index in [1.165, 1.54) is 32.1 Å². The standard InChI is InChI=1S/C8H17OS/c1-10(2)9-8-6-4-3-5-7-8/h8H,3-7H2,1-2H3/q+1. The van der Waals surface area contributed by atoms with Gasteiger partial charge in [0.1, 0.15) is 29.8 Å². The molecule has 0 aliphatic heterocycles. The first kappa shape index (κ1) is 8.41. The summed E-state index contributed by atoms with van der Waals surface area (Å²) in [5, 5.41) is 0. The Balaban J connectivity index is 2.13. The molecule has 0 bridgehead atoms. The summed E-state index contributed by atoms with van der Waals surface area (Å²) in [6.45, 7) is 0. The van der Waals surface area contributed by atoms with Gasteiger partial charge < -0.3 is 0 Å². The summed E-state index contributed by atoms with van der Waals surface area (Å²) >= 11 is 0.187. The second-order valence-corrected chi connectivity index (χ2v) is 4.77. The van der Waals surface area contributed by atoms with E-state index >= 15 is 0 Å². The van der Waals surface area contributed by atoms with Gasteiger partial charge >= 0.3 is 0 Å². The van der Waals surface area contributed by atoms with Crippen LogP contribution in [0.4, 0.5) is 0 Å². The minimum absolute atomic E-state index is 0.187. The van der Waals surface area contributed by atoms with Crippen molar-refractivity contribution in [3.05, 3.63) is 0 Å². The summed E-state index contributed by atoms with van der Waals surface area (Å²) in [5.74, 6) is 0. The third-order valence-electron chi connectivity index (χ3n) is 1.88. The molecule has 0 saturated heterocycles. The van der Waals surface area contributed by atoms with Gasteiger partial charge in [0.2, 0.25) is 0 Å². The third-order valence-corrected chi connectivity index (χ3v) is 2.54. The Morgan fingerprint density at radius 3 is 2.20 bits per heavy atom. The van der Waals surface area contributed by atoms with Gasteiger partial charge in [0.25, 0.3) is 0 Å². The molecule has 10 heavy (non-hydrogen) atoms. The molecule has 0 N–H and O–H groups in total. The van der Waals surface area contributed by atoms with Crippen LogP contribution in [0.3, 0.4) is 0 Å². The summed E-state index contributed by atoms with van der Waals surface area (Å²) in [4.78, 5) is 0. The van der Waals surface area contributed by atoms with Gasteiger partial charge in [-0.15, -0.1) is 0 Å². The van der Waals surface area contributed by atoms with Gasteiger partial charge in [0, 0.05) is 0 Å². The molecule has 0 atom stereocenters. The van der Waals surface area contributed by atoms with Crippen LogP contribution >= 0.6 is 0 Å². The quantitative estimate of drug-likeness (QED) is 0.564. The highest BCUT2D eigenvalue weighted by Crippen LogP contribution is 2.21. The molecule has 0 unspecified atom stereocenters. The fourth-order valence-electron chi connectivity index (χ4n) is 1.43. The SMILES string of the molecule is C[S+](C)OC1CCCCC1. The van der Waals surface area contributed by atoms with Crippen LogP contribution in [0.5, 0.6) is 0 Å². The second kappa shape index (κ2) is 4.24. The molecule has 1 aliphatic rings. The van der Waals surface area contributed by atoms with Crippen LogP contribution in [0.25, 0.3) is 0 Å². The molecule has 1 saturated carbocycles. The third kappa shape index (κ3) is 2.93. The molecule has 1 fully saturated rings. The van der Waals surface area contributed by atoms with E-state index in [0.29, 0.717) is 6.10 Å². The molecule has 1 rings (SSSR count). The van der Waals surface area contributed by atoms with E-state index in [0.717, 1.165) is 0 Å². The lowest BCUT2D eigenvalue weighted by atomic mass is 9.98. The fraction of sp³-hybridized carbons (Fsp3) is 1.00. The summed E-state index contributed by atoms with van der Waals surface area (Å²) in [5.41, 5.74) is 0.